The number of alkyl halides is 3. The third-order valence-electron chi connectivity index (χ3n) is 2.51. The van der Waals surface area contributed by atoms with Gasteiger partial charge in [0.15, 0.2) is 0 Å². The van der Waals surface area contributed by atoms with Gasteiger partial charge in [-0.3, -0.25) is 4.79 Å². The second-order valence-corrected chi connectivity index (χ2v) is 4.79. The van der Waals surface area contributed by atoms with Crippen molar-refractivity contribution in [2.45, 2.75) is 12.3 Å². The van der Waals surface area contributed by atoms with E-state index in [1.54, 1.807) is 6.07 Å². The summed E-state index contributed by atoms with van der Waals surface area (Å²) in [5, 5.41) is 3.09. The lowest BCUT2D eigenvalue weighted by molar-refractivity contribution is -0.137. The van der Waals surface area contributed by atoms with E-state index < -0.39 is 16.4 Å². The van der Waals surface area contributed by atoms with Crippen LogP contribution in [-0.4, -0.2) is 24.4 Å². The lowest BCUT2D eigenvalue weighted by Crippen LogP contribution is -2.33. The van der Waals surface area contributed by atoms with Gasteiger partial charge in [0.05, 0.1) is 18.3 Å². The lowest BCUT2D eigenvalue weighted by Gasteiger charge is -2.24. The molecule has 0 aromatic heterocycles. The molecule has 0 saturated carbocycles. The molecular weight excluding hydrogens is 318 g/mol. The quantitative estimate of drug-likeness (QED) is 0.793. The molecule has 0 amide bonds. The van der Waals surface area contributed by atoms with Gasteiger partial charge in [0, 0.05) is 13.1 Å². The Hall–Kier alpha value is -0.820. The summed E-state index contributed by atoms with van der Waals surface area (Å²) in [7, 11) is 0. The number of morpholine rings is 1. The third kappa shape index (κ3) is 6.09. The van der Waals surface area contributed by atoms with Crippen molar-refractivity contribution in [3.05, 3.63) is 35.4 Å². The SMILES string of the molecule is FC(F)(F)c1cccc(C2CNCCO2)c1.O=C(Cl)Cl. The molecule has 1 saturated heterocycles. The van der Waals surface area contributed by atoms with Crippen LogP contribution < -0.4 is 5.32 Å². The number of ether oxygens (including phenoxy) is 1. The molecule has 1 aromatic carbocycles. The fraction of sp³-hybridized carbons (Fsp3) is 0.417. The van der Waals surface area contributed by atoms with E-state index in [9.17, 15) is 13.2 Å². The minimum atomic E-state index is -4.29. The van der Waals surface area contributed by atoms with Gasteiger partial charge >= 0.3 is 10.9 Å². The molecule has 1 aliphatic heterocycles. The van der Waals surface area contributed by atoms with Gasteiger partial charge in [-0.2, -0.15) is 13.2 Å². The number of hydrogen-bond acceptors (Lipinski definition) is 3. The average molecular weight is 330 g/mol. The van der Waals surface area contributed by atoms with E-state index in [4.69, 9.17) is 9.53 Å². The second-order valence-electron chi connectivity index (χ2n) is 3.91. The summed E-state index contributed by atoms with van der Waals surface area (Å²) in [4.78, 5) is 8.98. The van der Waals surface area contributed by atoms with Crippen LogP contribution in [-0.2, 0) is 10.9 Å². The molecule has 8 heteroatoms. The van der Waals surface area contributed by atoms with Gasteiger partial charge in [-0.15, -0.1) is 0 Å². The highest BCUT2D eigenvalue weighted by Gasteiger charge is 2.31. The van der Waals surface area contributed by atoms with Crippen LogP contribution in [0, 0.1) is 0 Å². The number of benzene rings is 1. The summed E-state index contributed by atoms with van der Waals surface area (Å²) in [5.74, 6) is 0. The second kappa shape index (κ2) is 7.83. The van der Waals surface area contributed by atoms with Gasteiger partial charge in [-0.25, -0.2) is 0 Å². The van der Waals surface area contributed by atoms with Gasteiger partial charge < -0.3 is 10.1 Å². The minimum absolute atomic E-state index is 0.281. The first-order valence-electron chi connectivity index (χ1n) is 5.65. The monoisotopic (exact) mass is 329 g/mol. The van der Waals surface area contributed by atoms with Gasteiger partial charge in [-0.1, -0.05) is 12.1 Å². The minimum Gasteiger partial charge on any atom is -0.371 e. The Morgan fingerprint density at radius 1 is 1.35 bits per heavy atom. The number of hydrogen-bond donors (Lipinski definition) is 1. The van der Waals surface area contributed by atoms with Crippen molar-refractivity contribution < 1.29 is 22.7 Å². The van der Waals surface area contributed by atoms with Crippen LogP contribution in [0.4, 0.5) is 18.0 Å². The van der Waals surface area contributed by atoms with Crippen molar-refractivity contribution >= 4 is 27.9 Å². The molecule has 1 aliphatic rings. The molecule has 1 N–H and O–H groups in total. The van der Waals surface area contributed by atoms with Crippen molar-refractivity contribution in [1.82, 2.24) is 5.32 Å². The first kappa shape index (κ1) is 17.2. The molecule has 0 radical (unpaired) electrons. The Kier molecular flexibility index (Phi) is 6.75. The maximum absolute atomic E-state index is 12.5. The Morgan fingerprint density at radius 3 is 2.50 bits per heavy atom. The summed E-state index contributed by atoms with van der Waals surface area (Å²) >= 11 is 8.80. The maximum atomic E-state index is 12.5. The maximum Gasteiger partial charge on any atom is 0.416 e. The van der Waals surface area contributed by atoms with Crippen molar-refractivity contribution in [2.24, 2.45) is 0 Å². The van der Waals surface area contributed by atoms with Gasteiger partial charge in [0.1, 0.15) is 0 Å². The van der Waals surface area contributed by atoms with Gasteiger partial charge in [-0.05, 0) is 40.9 Å². The molecule has 3 nitrogen and oxygen atoms in total. The molecule has 1 atom stereocenters. The van der Waals surface area contributed by atoms with Crippen LogP contribution in [0.3, 0.4) is 0 Å². The highest BCUT2D eigenvalue weighted by molar-refractivity contribution is 6.93. The van der Waals surface area contributed by atoms with Crippen LogP contribution in [0.1, 0.15) is 17.2 Å². The number of carbonyl (C=O) groups excluding carboxylic acids is 1. The number of nitrogens with one attached hydrogen (secondary N) is 1. The molecule has 112 valence electrons. The Labute approximate surface area is 124 Å². The fourth-order valence-electron chi connectivity index (χ4n) is 1.69. The molecule has 20 heavy (non-hydrogen) atoms. The Balaban J connectivity index is 0.000000444. The molecule has 0 aliphatic carbocycles. The predicted molar refractivity (Wildman–Crippen MR) is 70.1 cm³/mol. The number of halogens is 5. The van der Waals surface area contributed by atoms with Crippen molar-refractivity contribution in [1.29, 1.82) is 0 Å². The number of rotatable bonds is 1. The van der Waals surface area contributed by atoms with E-state index >= 15 is 0 Å². The van der Waals surface area contributed by atoms with Crippen LogP contribution >= 0.6 is 23.2 Å². The third-order valence-corrected chi connectivity index (χ3v) is 2.51. The molecule has 0 spiro atoms. The van der Waals surface area contributed by atoms with Crippen molar-refractivity contribution in [2.75, 3.05) is 19.7 Å². The van der Waals surface area contributed by atoms with E-state index in [1.807, 2.05) is 0 Å². The molecule has 1 fully saturated rings. The van der Waals surface area contributed by atoms with Crippen molar-refractivity contribution in [3.63, 3.8) is 0 Å². The highest BCUT2D eigenvalue weighted by atomic mass is 35.5. The zero-order chi connectivity index (χ0) is 15.2. The predicted octanol–water partition coefficient (Wildman–Crippen LogP) is 3.95. The van der Waals surface area contributed by atoms with E-state index in [0.29, 0.717) is 18.7 Å². The van der Waals surface area contributed by atoms with Crippen molar-refractivity contribution in [3.8, 4) is 0 Å². The topological polar surface area (TPSA) is 38.3 Å². The Morgan fingerprint density at radius 2 is 2.00 bits per heavy atom. The lowest BCUT2D eigenvalue weighted by atomic mass is 10.0. The summed E-state index contributed by atoms with van der Waals surface area (Å²) in [5.41, 5.74) is -0.0544. The average Bonchev–Trinajstić information content (AvgIpc) is 2.38. The molecule has 0 bridgehead atoms. The highest BCUT2D eigenvalue weighted by Crippen LogP contribution is 2.31. The van der Waals surface area contributed by atoms with E-state index in [2.05, 4.69) is 28.5 Å². The first-order chi connectivity index (χ1) is 9.30. The Bertz CT molecular complexity index is 445. The van der Waals surface area contributed by atoms with E-state index in [0.717, 1.165) is 18.7 Å². The van der Waals surface area contributed by atoms with E-state index in [1.165, 1.54) is 6.07 Å². The van der Waals surface area contributed by atoms with Gasteiger partial charge in [0.25, 0.3) is 0 Å². The van der Waals surface area contributed by atoms with Gasteiger partial charge in [0.2, 0.25) is 0 Å². The van der Waals surface area contributed by atoms with Crippen LogP contribution in [0.25, 0.3) is 0 Å². The summed E-state index contributed by atoms with van der Waals surface area (Å²) in [6.45, 7) is 1.83. The normalized spacial score (nSPS) is 18.9. The van der Waals surface area contributed by atoms with Crippen LogP contribution in [0.5, 0.6) is 0 Å². The zero-order valence-electron chi connectivity index (χ0n) is 10.2. The molecule has 2 rings (SSSR count). The number of carbonyl (C=O) groups is 1. The fourth-order valence-corrected chi connectivity index (χ4v) is 1.69. The summed E-state index contributed by atoms with van der Waals surface area (Å²) < 4.78 is 41.9. The molecule has 1 unspecified atom stereocenters. The molecular formula is C12H12Cl2F3NO2. The smallest absolute Gasteiger partial charge is 0.371 e. The first-order valence-corrected chi connectivity index (χ1v) is 6.40. The van der Waals surface area contributed by atoms with Crippen LogP contribution in [0.2, 0.25) is 0 Å². The van der Waals surface area contributed by atoms with Crippen LogP contribution in [0.15, 0.2) is 24.3 Å². The van der Waals surface area contributed by atoms with E-state index in [-0.39, 0.29) is 6.10 Å². The largest absolute Gasteiger partial charge is 0.416 e. The standard InChI is InChI=1S/C11H12F3NO.CCl2O/c12-11(13,14)9-3-1-2-8(6-9)10-7-15-4-5-16-10;2-1(3)4/h1-3,6,10,15H,4-5,7H2;. The zero-order valence-corrected chi connectivity index (χ0v) is 11.7. The summed E-state index contributed by atoms with van der Waals surface area (Å²) in [6.07, 6.45) is -4.57. The summed E-state index contributed by atoms with van der Waals surface area (Å²) in [6, 6.07) is 5.29. The molecule has 1 aromatic rings. The molecule has 1 heterocycles.